The Hall–Kier alpha value is -1.99. The number of esters is 1. The molecule has 0 aromatic heterocycles. The predicted octanol–water partition coefficient (Wildman–Crippen LogP) is 3.79. The molecule has 1 fully saturated rings. The number of amidine groups is 1. The summed E-state index contributed by atoms with van der Waals surface area (Å²) in [4.78, 5) is 32.7. The van der Waals surface area contributed by atoms with Crippen LogP contribution in [0.2, 0.25) is 0 Å². The maximum absolute atomic E-state index is 12.8. The van der Waals surface area contributed by atoms with Crippen molar-refractivity contribution < 1.29 is 14.3 Å². The number of fused-ring (bicyclic) bond motifs is 1. The predicted molar refractivity (Wildman–Crippen MR) is 106 cm³/mol. The largest absolute Gasteiger partial charge is 0.458 e. The lowest BCUT2D eigenvalue weighted by Crippen LogP contribution is -2.40. The van der Waals surface area contributed by atoms with Crippen LogP contribution >= 0.6 is 23.5 Å². The Morgan fingerprint density at radius 3 is 2.73 bits per heavy atom. The van der Waals surface area contributed by atoms with Crippen LogP contribution in [0.1, 0.15) is 25.5 Å². The fraction of sp³-hybridized carbons (Fsp3) is 0.316. The van der Waals surface area contributed by atoms with Crippen LogP contribution < -0.4 is 0 Å². The molecule has 0 N–H and O–H groups in total. The standard InChI is InChI=1S/C19H20N2O3S2/c1-5-10-24-18(23)15-11(2)20-19-21(17(22)12(3)26-19)16(15)13-6-8-14(25-4)9-7-13/h5-9,12,16H,1,10H2,2-4H3. The molecule has 7 heteroatoms. The van der Waals surface area contributed by atoms with E-state index < -0.39 is 12.0 Å². The van der Waals surface area contributed by atoms with Crippen LogP contribution in [-0.4, -0.2) is 40.1 Å². The molecule has 0 saturated carbocycles. The van der Waals surface area contributed by atoms with E-state index in [9.17, 15) is 9.59 Å². The van der Waals surface area contributed by atoms with E-state index in [4.69, 9.17) is 4.74 Å². The molecule has 2 atom stereocenters. The van der Waals surface area contributed by atoms with E-state index in [1.54, 1.807) is 23.6 Å². The summed E-state index contributed by atoms with van der Waals surface area (Å²) in [5.74, 6) is -0.518. The highest BCUT2D eigenvalue weighted by molar-refractivity contribution is 8.15. The quantitative estimate of drug-likeness (QED) is 0.436. The zero-order chi connectivity index (χ0) is 18.8. The smallest absolute Gasteiger partial charge is 0.338 e. The third kappa shape index (κ3) is 3.33. The first-order valence-electron chi connectivity index (χ1n) is 8.19. The maximum Gasteiger partial charge on any atom is 0.338 e. The van der Waals surface area contributed by atoms with Gasteiger partial charge in [-0.05, 0) is 37.8 Å². The third-order valence-electron chi connectivity index (χ3n) is 4.24. The third-order valence-corrected chi connectivity index (χ3v) is 6.04. The molecule has 1 aromatic rings. The fourth-order valence-corrected chi connectivity index (χ4v) is 4.42. The van der Waals surface area contributed by atoms with E-state index in [0.29, 0.717) is 16.4 Å². The summed E-state index contributed by atoms with van der Waals surface area (Å²) < 4.78 is 5.28. The zero-order valence-corrected chi connectivity index (χ0v) is 16.5. The van der Waals surface area contributed by atoms with Crippen molar-refractivity contribution in [2.75, 3.05) is 12.9 Å². The first-order valence-corrected chi connectivity index (χ1v) is 10.3. The minimum atomic E-state index is -0.527. The number of ether oxygens (including phenoxy) is 1. The van der Waals surface area contributed by atoms with Gasteiger partial charge in [-0.15, -0.1) is 11.8 Å². The molecule has 2 heterocycles. The first kappa shape index (κ1) is 18.8. The molecule has 26 heavy (non-hydrogen) atoms. The van der Waals surface area contributed by atoms with Crippen molar-refractivity contribution in [1.29, 1.82) is 0 Å². The zero-order valence-electron chi connectivity index (χ0n) is 14.9. The molecule has 1 amide bonds. The van der Waals surface area contributed by atoms with Gasteiger partial charge < -0.3 is 4.74 Å². The van der Waals surface area contributed by atoms with Crippen molar-refractivity contribution in [3.05, 3.63) is 53.8 Å². The molecule has 0 spiro atoms. The normalized spacial score (nSPS) is 22.2. The number of aliphatic imine (C=N–C) groups is 1. The minimum absolute atomic E-state index is 0.0470. The number of carbonyl (C=O) groups excluding carboxylic acids is 2. The van der Waals surface area contributed by atoms with E-state index in [1.807, 2.05) is 37.4 Å². The summed E-state index contributed by atoms with van der Waals surface area (Å²) in [6.45, 7) is 7.33. The molecule has 0 radical (unpaired) electrons. The molecule has 2 aliphatic heterocycles. The lowest BCUT2D eigenvalue weighted by Gasteiger charge is -2.33. The molecular weight excluding hydrogens is 368 g/mol. The number of thioether (sulfide) groups is 2. The van der Waals surface area contributed by atoms with Gasteiger partial charge in [0, 0.05) is 4.90 Å². The van der Waals surface area contributed by atoms with Gasteiger partial charge in [0.25, 0.3) is 0 Å². The Bertz CT molecular complexity index is 815. The molecule has 0 aliphatic carbocycles. The summed E-state index contributed by atoms with van der Waals surface area (Å²) >= 11 is 3.06. The Morgan fingerprint density at radius 2 is 2.12 bits per heavy atom. The van der Waals surface area contributed by atoms with Gasteiger partial charge in [-0.25, -0.2) is 9.79 Å². The Kier molecular flexibility index (Phi) is 5.58. The number of nitrogens with zero attached hydrogens (tertiary/aromatic N) is 2. The number of benzene rings is 1. The fourth-order valence-electron chi connectivity index (χ4n) is 2.98. The van der Waals surface area contributed by atoms with Crippen molar-refractivity contribution in [3.63, 3.8) is 0 Å². The van der Waals surface area contributed by atoms with Gasteiger partial charge in [-0.2, -0.15) is 0 Å². The maximum atomic E-state index is 12.8. The summed E-state index contributed by atoms with van der Waals surface area (Å²) in [5, 5.41) is 0.414. The Labute approximate surface area is 161 Å². The van der Waals surface area contributed by atoms with Crippen LogP contribution in [0.15, 0.2) is 58.1 Å². The monoisotopic (exact) mass is 388 g/mol. The van der Waals surface area contributed by atoms with Gasteiger partial charge in [0.05, 0.1) is 22.6 Å². The Morgan fingerprint density at radius 1 is 1.42 bits per heavy atom. The highest BCUT2D eigenvalue weighted by Gasteiger charge is 2.46. The van der Waals surface area contributed by atoms with Crippen molar-refractivity contribution >= 4 is 40.6 Å². The molecular formula is C19H20N2O3S2. The second-order valence-electron chi connectivity index (χ2n) is 5.92. The highest BCUT2D eigenvalue weighted by atomic mass is 32.2. The van der Waals surface area contributed by atoms with Crippen LogP contribution in [-0.2, 0) is 14.3 Å². The van der Waals surface area contributed by atoms with Crippen LogP contribution in [0.4, 0.5) is 0 Å². The molecule has 1 saturated heterocycles. The van der Waals surface area contributed by atoms with E-state index in [0.717, 1.165) is 10.5 Å². The van der Waals surface area contributed by atoms with Crippen LogP contribution in [0.25, 0.3) is 0 Å². The molecule has 136 valence electrons. The summed E-state index contributed by atoms with van der Waals surface area (Å²) in [6.07, 6.45) is 3.53. The highest BCUT2D eigenvalue weighted by Crippen LogP contribution is 2.43. The number of rotatable bonds is 5. The van der Waals surface area contributed by atoms with Gasteiger partial charge in [0.2, 0.25) is 5.91 Å². The second-order valence-corrected chi connectivity index (χ2v) is 8.11. The number of hydrogen-bond donors (Lipinski definition) is 0. The van der Waals surface area contributed by atoms with Gasteiger partial charge in [0.1, 0.15) is 6.61 Å². The molecule has 5 nitrogen and oxygen atoms in total. The van der Waals surface area contributed by atoms with E-state index in [2.05, 4.69) is 11.6 Å². The van der Waals surface area contributed by atoms with Gasteiger partial charge >= 0.3 is 5.97 Å². The summed E-state index contributed by atoms with van der Waals surface area (Å²) in [7, 11) is 0. The topological polar surface area (TPSA) is 59.0 Å². The van der Waals surface area contributed by atoms with Crippen molar-refractivity contribution in [2.24, 2.45) is 4.99 Å². The number of carbonyl (C=O) groups is 2. The lowest BCUT2D eigenvalue weighted by molar-refractivity contribution is -0.139. The number of amides is 1. The SMILES string of the molecule is C=CCOC(=O)C1=C(C)N=C2SC(C)C(=O)N2C1c1ccc(SC)cc1. The lowest BCUT2D eigenvalue weighted by atomic mass is 9.94. The second kappa shape index (κ2) is 7.72. The average Bonchev–Trinajstić information content (AvgIpc) is 2.92. The van der Waals surface area contributed by atoms with Crippen LogP contribution in [0, 0.1) is 0 Å². The van der Waals surface area contributed by atoms with Gasteiger partial charge in [-0.1, -0.05) is 36.5 Å². The van der Waals surface area contributed by atoms with Crippen molar-refractivity contribution in [2.45, 2.75) is 30.0 Å². The first-order chi connectivity index (χ1) is 12.5. The summed E-state index contributed by atoms with van der Waals surface area (Å²) in [5.41, 5.74) is 1.84. The van der Waals surface area contributed by atoms with Gasteiger partial charge in [-0.3, -0.25) is 9.69 Å². The molecule has 2 unspecified atom stereocenters. The molecule has 1 aromatic carbocycles. The van der Waals surface area contributed by atoms with E-state index in [1.165, 1.54) is 17.8 Å². The van der Waals surface area contributed by atoms with Crippen molar-refractivity contribution in [3.8, 4) is 0 Å². The number of allylic oxidation sites excluding steroid dienone is 1. The summed E-state index contributed by atoms with van der Waals surface area (Å²) in [6, 6.07) is 7.36. The van der Waals surface area contributed by atoms with E-state index in [-0.39, 0.29) is 17.8 Å². The van der Waals surface area contributed by atoms with Gasteiger partial charge in [0.15, 0.2) is 5.17 Å². The van der Waals surface area contributed by atoms with Crippen LogP contribution in [0.3, 0.4) is 0 Å². The minimum Gasteiger partial charge on any atom is -0.458 e. The molecule has 0 bridgehead atoms. The Balaban J connectivity index is 2.09. The van der Waals surface area contributed by atoms with Crippen LogP contribution in [0.5, 0.6) is 0 Å². The van der Waals surface area contributed by atoms with Crippen molar-refractivity contribution in [1.82, 2.24) is 4.90 Å². The average molecular weight is 389 g/mol. The molecule has 2 aliphatic rings. The molecule has 3 rings (SSSR count). The number of hydrogen-bond acceptors (Lipinski definition) is 6. The van der Waals surface area contributed by atoms with E-state index >= 15 is 0 Å².